The van der Waals surface area contributed by atoms with Crippen LogP contribution in [0, 0.1) is 0 Å². The molecule has 0 bridgehead atoms. The van der Waals surface area contributed by atoms with Crippen LogP contribution in [0.15, 0.2) is 48.7 Å². The van der Waals surface area contributed by atoms with Crippen LogP contribution in [0.2, 0.25) is 0 Å². The van der Waals surface area contributed by atoms with Crippen molar-refractivity contribution < 1.29 is 9.53 Å². The number of aromatic nitrogens is 1. The molecule has 1 aromatic carbocycles. The number of para-hydroxylation sites is 1. The lowest BCUT2D eigenvalue weighted by Gasteiger charge is -2.33. The molecule has 2 heterocycles. The van der Waals surface area contributed by atoms with Gasteiger partial charge in [0.25, 0.3) is 5.91 Å². The number of halogens is 2. The van der Waals surface area contributed by atoms with E-state index in [4.69, 9.17) is 4.74 Å². The SMILES string of the molecule is C[C@H]1CNCCN1C(=O)c1cc(Oc2ccccc2)ccn1.Cl.Cl. The van der Waals surface area contributed by atoms with Gasteiger partial charge in [-0.2, -0.15) is 0 Å². The number of ether oxygens (including phenoxy) is 1. The molecule has 0 saturated carbocycles. The summed E-state index contributed by atoms with van der Waals surface area (Å²) in [4.78, 5) is 18.6. The Bertz CT molecular complexity index is 655. The number of hydrogen-bond acceptors (Lipinski definition) is 4. The van der Waals surface area contributed by atoms with E-state index in [0.29, 0.717) is 18.0 Å². The van der Waals surface area contributed by atoms with Crippen LogP contribution in [0.5, 0.6) is 11.5 Å². The normalized spacial score (nSPS) is 16.5. The molecule has 1 N–H and O–H groups in total. The van der Waals surface area contributed by atoms with Crippen molar-refractivity contribution in [2.75, 3.05) is 19.6 Å². The minimum Gasteiger partial charge on any atom is -0.457 e. The molecule has 0 radical (unpaired) electrons. The van der Waals surface area contributed by atoms with Gasteiger partial charge < -0.3 is 15.0 Å². The minimum absolute atomic E-state index is 0. The highest BCUT2D eigenvalue weighted by atomic mass is 35.5. The van der Waals surface area contributed by atoms with E-state index in [2.05, 4.69) is 10.3 Å². The summed E-state index contributed by atoms with van der Waals surface area (Å²) in [6, 6.07) is 13.1. The van der Waals surface area contributed by atoms with Crippen molar-refractivity contribution in [3.05, 3.63) is 54.4 Å². The Hall–Kier alpha value is -1.82. The van der Waals surface area contributed by atoms with Gasteiger partial charge in [-0.3, -0.25) is 9.78 Å². The van der Waals surface area contributed by atoms with Crippen LogP contribution in [-0.2, 0) is 0 Å². The zero-order valence-corrected chi connectivity index (χ0v) is 15.0. The van der Waals surface area contributed by atoms with Gasteiger partial charge in [-0.15, -0.1) is 24.8 Å². The first-order valence-electron chi connectivity index (χ1n) is 7.44. The Labute approximate surface area is 154 Å². The summed E-state index contributed by atoms with van der Waals surface area (Å²) in [7, 11) is 0. The van der Waals surface area contributed by atoms with Gasteiger partial charge in [0, 0.05) is 37.9 Å². The van der Waals surface area contributed by atoms with Crippen LogP contribution in [0.4, 0.5) is 0 Å². The Morgan fingerprint density at radius 2 is 1.96 bits per heavy atom. The van der Waals surface area contributed by atoms with E-state index >= 15 is 0 Å². The number of nitrogens with zero attached hydrogens (tertiary/aromatic N) is 2. The molecule has 24 heavy (non-hydrogen) atoms. The predicted octanol–water partition coefficient (Wildman–Crippen LogP) is 3.15. The van der Waals surface area contributed by atoms with E-state index in [-0.39, 0.29) is 36.8 Å². The van der Waals surface area contributed by atoms with Gasteiger partial charge in [-0.25, -0.2) is 0 Å². The number of pyridine rings is 1. The number of rotatable bonds is 3. The van der Waals surface area contributed by atoms with E-state index in [9.17, 15) is 4.79 Å². The highest BCUT2D eigenvalue weighted by Gasteiger charge is 2.25. The summed E-state index contributed by atoms with van der Waals surface area (Å²) in [6.07, 6.45) is 1.61. The Morgan fingerprint density at radius 3 is 2.67 bits per heavy atom. The lowest BCUT2D eigenvalue weighted by Crippen LogP contribution is -2.52. The second-order valence-electron chi connectivity index (χ2n) is 5.34. The van der Waals surface area contributed by atoms with Gasteiger partial charge in [-0.1, -0.05) is 18.2 Å². The van der Waals surface area contributed by atoms with E-state index in [1.54, 1.807) is 18.3 Å². The zero-order chi connectivity index (χ0) is 15.4. The van der Waals surface area contributed by atoms with Crippen LogP contribution in [0.1, 0.15) is 17.4 Å². The first-order chi connectivity index (χ1) is 10.7. The summed E-state index contributed by atoms with van der Waals surface area (Å²) in [6.45, 7) is 4.36. The van der Waals surface area contributed by atoms with Gasteiger partial charge in [0.05, 0.1) is 0 Å². The number of nitrogens with one attached hydrogen (secondary N) is 1. The minimum atomic E-state index is -0.0486. The predicted molar refractivity (Wildman–Crippen MR) is 98.6 cm³/mol. The van der Waals surface area contributed by atoms with Gasteiger partial charge in [0.2, 0.25) is 0 Å². The second-order valence-corrected chi connectivity index (χ2v) is 5.34. The molecule has 0 spiro atoms. The Balaban J connectivity index is 0.00000144. The quantitative estimate of drug-likeness (QED) is 0.902. The molecule has 1 aromatic heterocycles. The lowest BCUT2D eigenvalue weighted by molar-refractivity contribution is 0.0649. The first-order valence-corrected chi connectivity index (χ1v) is 7.44. The maximum Gasteiger partial charge on any atom is 0.272 e. The number of amides is 1. The monoisotopic (exact) mass is 369 g/mol. The molecule has 3 rings (SSSR count). The summed E-state index contributed by atoms with van der Waals surface area (Å²) in [5.41, 5.74) is 0.419. The molecule has 1 aliphatic heterocycles. The third kappa shape index (κ3) is 4.84. The van der Waals surface area contributed by atoms with Crippen molar-refractivity contribution in [1.82, 2.24) is 15.2 Å². The van der Waals surface area contributed by atoms with Gasteiger partial charge >= 0.3 is 0 Å². The number of benzene rings is 1. The molecule has 1 aliphatic rings. The molecule has 7 heteroatoms. The highest BCUT2D eigenvalue weighted by Crippen LogP contribution is 2.21. The second kappa shape index (κ2) is 9.47. The fourth-order valence-electron chi connectivity index (χ4n) is 2.51. The standard InChI is InChI=1S/C17H19N3O2.2ClH/c1-13-12-18-9-10-20(13)17(21)16-11-15(7-8-19-16)22-14-5-3-2-4-6-14;;/h2-8,11,13,18H,9-10,12H2,1H3;2*1H/t13-;;/m0../s1. The summed E-state index contributed by atoms with van der Waals surface area (Å²) in [5, 5.41) is 3.28. The Kier molecular flexibility index (Phi) is 7.98. The molecule has 5 nitrogen and oxygen atoms in total. The van der Waals surface area contributed by atoms with Crippen LogP contribution in [0.25, 0.3) is 0 Å². The van der Waals surface area contributed by atoms with Crippen LogP contribution in [0.3, 0.4) is 0 Å². The van der Waals surface area contributed by atoms with Crippen molar-refractivity contribution in [3.63, 3.8) is 0 Å². The van der Waals surface area contributed by atoms with Crippen molar-refractivity contribution in [2.24, 2.45) is 0 Å². The fraction of sp³-hybridized carbons (Fsp3) is 0.294. The van der Waals surface area contributed by atoms with Gasteiger partial charge in [0.15, 0.2) is 0 Å². The van der Waals surface area contributed by atoms with Crippen LogP contribution in [-0.4, -0.2) is 41.5 Å². The summed E-state index contributed by atoms with van der Waals surface area (Å²) in [5.74, 6) is 1.31. The first kappa shape index (κ1) is 20.2. The fourth-order valence-corrected chi connectivity index (χ4v) is 2.51. The van der Waals surface area contributed by atoms with Crippen molar-refractivity contribution >= 4 is 30.7 Å². The van der Waals surface area contributed by atoms with E-state index < -0.39 is 0 Å². The molecule has 1 fully saturated rings. The van der Waals surface area contributed by atoms with E-state index in [1.165, 1.54) is 0 Å². The number of piperazine rings is 1. The maximum atomic E-state index is 12.6. The molecule has 130 valence electrons. The third-order valence-electron chi connectivity index (χ3n) is 3.69. The number of carbonyl (C=O) groups excluding carboxylic acids is 1. The van der Waals surface area contributed by atoms with E-state index in [0.717, 1.165) is 18.8 Å². The molecule has 2 aromatic rings. The van der Waals surface area contributed by atoms with Crippen LogP contribution < -0.4 is 10.1 Å². The smallest absolute Gasteiger partial charge is 0.272 e. The van der Waals surface area contributed by atoms with E-state index in [1.807, 2.05) is 42.2 Å². The average molecular weight is 370 g/mol. The molecule has 0 unspecified atom stereocenters. The molecule has 1 atom stereocenters. The maximum absolute atomic E-state index is 12.6. The molecule has 1 amide bonds. The van der Waals surface area contributed by atoms with Crippen LogP contribution >= 0.6 is 24.8 Å². The van der Waals surface area contributed by atoms with Crippen molar-refractivity contribution in [1.29, 1.82) is 0 Å². The molecular formula is C17H21Cl2N3O2. The van der Waals surface area contributed by atoms with Gasteiger partial charge in [0.1, 0.15) is 17.2 Å². The largest absolute Gasteiger partial charge is 0.457 e. The number of hydrogen-bond donors (Lipinski definition) is 1. The summed E-state index contributed by atoms with van der Waals surface area (Å²) < 4.78 is 5.76. The van der Waals surface area contributed by atoms with Crippen molar-refractivity contribution in [3.8, 4) is 11.5 Å². The Morgan fingerprint density at radius 1 is 1.21 bits per heavy atom. The molecule has 1 saturated heterocycles. The molecule has 0 aliphatic carbocycles. The topological polar surface area (TPSA) is 54.5 Å². The molecular weight excluding hydrogens is 349 g/mol. The van der Waals surface area contributed by atoms with Gasteiger partial charge in [-0.05, 0) is 25.1 Å². The average Bonchev–Trinajstić information content (AvgIpc) is 2.56. The lowest BCUT2D eigenvalue weighted by atomic mass is 10.2. The highest BCUT2D eigenvalue weighted by molar-refractivity contribution is 5.93. The van der Waals surface area contributed by atoms with Crippen molar-refractivity contribution in [2.45, 2.75) is 13.0 Å². The number of carbonyl (C=O) groups is 1. The zero-order valence-electron chi connectivity index (χ0n) is 13.3. The third-order valence-corrected chi connectivity index (χ3v) is 3.69. The summed E-state index contributed by atoms with van der Waals surface area (Å²) >= 11 is 0.